The Balaban J connectivity index is 1.79. The Labute approximate surface area is 171 Å². The maximum absolute atomic E-state index is 13.3. The van der Waals surface area contributed by atoms with Crippen LogP contribution in [0.1, 0.15) is 11.1 Å². The Bertz CT molecular complexity index is 1180. The highest BCUT2D eigenvalue weighted by Crippen LogP contribution is 2.32. The van der Waals surface area contributed by atoms with E-state index in [1.807, 2.05) is 23.7 Å². The molecule has 3 heterocycles. The van der Waals surface area contributed by atoms with Gasteiger partial charge in [0.2, 0.25) is 0 Å². The van der Waals surface area contributed by atoms with Crippen LogP contribution in [0.5, 0.6) is 0 Å². The third kappa shape index (κ3) is 3.66. The van der Waals surface area contributed by atoms with E-state index in [0.29, 0.717) is 22.8 Å². The molecular weight excluding hydrogens is 386 g/mol. The minimum atomic E-state index is -0.0181. The van der Waals surface area contributed by atoms with Crippen molar-refractivity contribution in [3.63, 3.8) is 0 Å². The average molecular weight is 406 g/mol. The molecule has 0 unspecified atom stereocenters. The van der Waals surface area contributed by atoms with E-state index in [9.17, 15) is 4.79 Å². The third-order valence-electron chi connectivity index (χ3n) is 4.42. The summed E-state index contributed by atoms with van der Waals surface area (Å²) in [6.07, 6.45) is 5.33. The highest BCUT2D eigenvalue weighted by atomic mass is 32.2. The van der Waals surface area contributed by atoms with Crippen LogP contribution in [0.15, 0.2) is 76.8 Å². The summed E-state index contributed by atoms with van der Waals surface area (Å²) in [7, 11) is 0. The molecule has 0 aliphatic carbocycles. The summed E-state index contributed by atoms with van der Waals surface area (Å²) < 4.78 is 1.71. The SMILES string of the molecule is C=CCn1c(SCc2cccnc2)nc2scc(-c3ccc(C)cc3)c2c1=O. The zero-order valence-electron chi connectivity index (χ0n) is 15.5. The van der Waals surface area contributed by atoms with Crippen LogP contribution in [0.2, 0.25) is 0 Å². The first-order chi connectivity index (χ1) is 13.7. The quantitative estimate of drug-likeness (QED) is 0.248. The predicted molar refractivity (Wildman–Crippen MR) is 118 cm³/mol. The normalized spacial score (nSPS) is 11.0. The van der Waals surface area contributed by atoms with Gasteiger partial charge >= 0.3 is 0 Å². The molecule has 0 saturated carbocycles. The lowest BCUT2D eigenvalue weighted by Gasteiger charge is -2.11. The summed E-state index contributed by atoms with van der Waals surface area (Å²) in [6.45, 7) is 6.30. The lowest BCUT2D eigenvalue weighted by atomic mass is 10.1. The number of benzene rings is 1. The number of thioether (sulfide) groups is 1. The first-order valence-corrected chi connectivity index (χ1v) is 10.8. The summed E-state index contributed by atoms with van der Waals surface area (Å²) in [4.78, 5) is 23.1. The Morgan fingerprint density at radius 2 is 2.07 bits per heavy atom. The first kappa shape index (κ1) is 18.7. The van der Waals surface area contributed by atoms with Gasteiger partial charge in [-0.05, 0) is 24.1 Å². The zero-order chi connectivity index (χ0) is 19.5. The predicted octanol–water partition coefficient (Wildman–Crippen LogP) is 5.31. The number of thiophene rings is 1. The number of allylic oxidation sites excluding steroid dienone is 1. The summed E-state index contributed by atoms with van der Waals surface area (Å²) in [5.41, 5.74) is 4.25. The molecule has 3 aromatic heterocycles. The maximum Gasteiger partial charge on any atom is 0.263 e. The number of nitrogens with zero attached hydrogens (tertiary/aromatic N) is 3. The van der Waals surface area contributed by atoms with Crippen molar-refractivity contribution >= 4 is 33.3 Å². The highest BCUT2D eigenvalue weighted by molar-refractivity contribution is 7.98. The molecule has 0 radical (unpaired) electrons. The Morgan fingerprint density at radius 3 is 2.79 bits per heavy atom. The van der Waals surface area contributed by atoms with E-state index < -0.39 is 0 Å². The van der Waals surface area contributed by atoms with Crippen LogP contribution in [0.25, 0.3) is 21.3 Å². The van der Waals surface area contributed by atoms with Crippen LogP contribution in [-0.4, -0.2) is 14.5 Å². The molecule has 0 saturated heterocycles. The van der Waals surface area contributed by atoms with E-state index in [0.717, 1.165) is 21.5 Å². The molecule has 0 fully saturated rings. The van der Waals surface area contributed by atoms with Gasteiger partial charge in [0.05, 0.1) is 5.39 Å². The molecule has 4 nitrogen and oxygen atoms in total. The molecule has 28 heavy (non-hydrogen) atoms. The first-order valence-electron chi connectivity index (χ1n) is 8.89. The van der Waals surface area contributed by atoms with E-state index in [2.05, 4.69) is 42.8 Å². The molecule has 4 aromatic rings. The van der Waals surface area contributed by atoms with Crippen molar-refractivity contribution in [2.45, 2.75) is 24.4 Å². The molecule has 1 aromatic carbocycles. The fourth-order valence-corrected chi connectivity index (χ4v) is 4.91. The van der Waals surface area contributed by atoms with Crippen molar-refractivity contribution in [1.82, 2.24) is 14.5 Å². The van der Waals surface area contributed by atoms with Gasteiger partial charge < -0.3 is 0 Å². The van der Waals surface area contributed by atoms with Crippen molar-refractivity contribution in [2.75, 3.05) is 0 Å². The monoisotopic (exact) mass is 405 g/mol. The number of rotatable bonds is 6. The summed E-state index contributed by atoms with van der Waals surface area (Å²) >= 11 is 3.06. The smallest absolute Gasteiger partial charge is 0.263 e. The summed E-state index contributed by atoms with van der Waals surface area (Å²) in [5, 5.41) is 3.41. The van der Waals surface area contributed by atoms with E-state index in [-0.39, 0.29) is 5.56 Å². The molecule has 0 spiro atoms. The van der Waals surface area contributed by atoms with Crippen molar-refractivity contribution in [3.8, 4) is 11.1 Å². The highest BCUT2D eigenvalue weighted by Gasteiger charge is 2.17. The molecule has 0 aliphatic heterocycles. The molecule has 6 heteroatoms. The second kappa shape index (κ2) is 8.12. The van der Waals surface area contributed by atoms with Gasteiger partial charge in [-0.3, -0.25) is 14.3 Å². The molecular formula is C22H19N3OS2. The topological polar surface area (TPSA) is 47.8 Å². The number of aryl methyl sites for hydroxylation is 1. The van der Waals surface area contributed by atoms with Gasteiger partial charge in [0.1, 0.15) is 4.83 Å². The standard InChI is InChI=1S/C22H19N3OS2/c1-3-11-25-21(26)19-18(17-8-6-15(2)7-9-17)14-27-20(19)24-22(25)28-13-16-5-4-10-23-12-16/h3-10,12,14H,1,11,13H2,2H3. The second-order valence-corrected chi connectivity index (χ2v) is 8.24. The summed E-state index contributed by atoms with van der Waals surface area (Å²) in [6, 6.07) is 12.2. The number of hydrogen-bond acceptors (Lipinski definition) is 5. The number of hydrogen-bond donors (Lipinski definition) is 0. The van der Waals surface area contributed by atoms with E-state index in [4.69, 9.17) is 4.98 Å². The van der Waals surface area contributed by atoms with E-state index in [1.165, 1.54) is 16.9 Å². The number of aromatic nitrogens is 3. The minimum Gasteiger partial charge on any atom is -0.283 e. The minimum absolute atomic E-state index is 0.0181. The maximum atomic E-state index is 13.3. The Hall–Kier alpha value is -2.70. The molecule has 0 atom stereocenters. The number of pyridine rings is 1. The molecule has 0 amide bonds. The van der Waals surface area contributed by atoms with Gasteiger partial charge in [-0.15, -0.1) is 17.9 Å². The molecule has 0 bridgehead atoms. The van der Waals surface area contributed by atoms with Crippen LogP contribution in [0.3, 0.4) is 0 Å². The van der Waals surface area contributed by atoms with Gasteiger partial charge in [0, 0.05) is 35.6 Å². The molecule has 0 aliphatic rings. The average Bonchev–Trinajstić information content (AvgIpc) is 3.14. The van der Waals surface area contributed by atoms with Gasteiger partial charge in [-0.1, -0.05) is 53.7 Å². The van der Waals surface area contributed by atoms with Crippen LogP contribution in [0.4, 0.5) is 0 Å². The van der Waals surface area contributed by atoms with Crippen LogP contribution in [-0.2, 0) is 12.3 Å². The largest absolute Gasteiger partial charge is 0.283 e. The van der Waals surface area contributed by atoms with Crippen molar-refractivity contribution in [2.24, 2.45) is 0 Å². The van der Waals surface area contributed by atoms with Gasteiger partial charge in [-0.25, -0.2) is 4.98 Å². The molecule has 4 rings (SSSR count). The van der Waals surface area contributed by atoms with Crippen molar-refractivity contribution in [1.29, 1.82) is 0 Å². The zero-order valence-corrected chi connectivity index (χ0v) is 17.1. The Kier molecular flexibility index (Phi) is 5.41. The van der Waals surface area contributed by atoms with Crippen molar-refractivity contribution in [3.05, 3.63) is 88.3 Å². The number of fused-ring (bicyclic) bond motifs is 1. The summed E-state index contributed by atoms with van der Waals surface area (Å²) in [5.74, 6) is 0.707. The third-order valence-corrected chi connectivity index (χ3v) is 6.34. The molecule has 140 valence electrons. The van der Waals surface area contributed by atoms with Crippen LogP contribution < -0.4 is 5.56 Å². The Morgan fingerprint density at radius 1 is 1.25 bits per heavy atom. The van der Waals surface area contributed by atoms with Crippen LogP contribution >= 0.6 is 23.1 Å². The van der Waals surface area contributed by atoms with Gasteiger partial charge in [0.25, 0.3) is 5.56 Å². The van der Waals surface area contributed by atoms with E-state index >= 15 is 0 Å². The second-order valence-electron chi connectivity index (χ2n) is 6.44. The fourth-order valence-electron chi connectivity index (χ4n) is 2.98. The lowest BCUT2D eigenvalue weighted by Crippen LogP contribution is -2.22. The fraction of sp³-hybridized carbons (Fsp3) is 0.136. The lowest BCUT2D eigenvalue weighted by molar-refractivity contribution is 0.673. The van der Waals surface area contributed by atoms with Gasteiger partial charge in [0.15, 0.2) is 5.16 Å². The van der Waals surface area contributed by atoms with Gasteiger partial charge in [-0.2, -0.15) is 0 Å². The van der Waals surface area contributed by atoms with Crippen LogP contribution in [0, 0.1) is 6.92 Å². The van der Waals surface area contributed by atoms with E-state index in [1.54, 1.807) is 28.6 Å². The molecule has 0 N–H and O–H groups in total. The van der Waals surface area contributed by atoms with Crippen molar-refractivity contribution < 1.29 is 0 Å².